The lowest BCUT2D eigenvalue weighted by atomic mass is 10.1. The average molecular weight is 332 g/mol. The molecule has 0 aromatic carbocycles. The number of nitrogens with one attached hydrogen (secondary N) is 3. The minimum atomic E-state index is -0.216. The number of nitrogens with zero attached hydrogens (tertiary/aromatic N) is 5. The van der Waals surface area contributed by atoms with Gasteiger partial charge in [0.15, 0.2) is 0 Å². The number of piperidine rings is 1. The van der Waals surface area contributed by atoms with Crippen LogP contribution in [-0.2, 0) is 7.05 Å². The maximum atomic E-state index is 12.2. The van der Waals surface area contributed by atoms with Gasteiger partial charge in [0.25, 0.3) is 0 Å². The molecule has 9 nitrogen and oxygen atoms in total. The average Bonchev–Trinajstić information content (AvgIpc) is 3.17. The molecule has 0 aliphatic carbocycles. The zero-order chi connectivity index (χ0) is 17.1. The highest BCUT2D eigenvalue weighted by Crippen LogP contribution is 2.20. The van der Waals surface area contributed by atoms with Gasteiger partial charge in [-0.3, -0.25) is 9.78 Å². The fourth-order valence-electron chi connectivity index (χ4n) is 3.11. The predicted molar refractivity (Wildman–Crippen MR) is 89.6 cm³/mol. The van der Waals surface area contributed by atoms with Crippen LogP contribution in [0.2, 0.25) is 0 Å². The van der Waals surface area contributed by atoms with Gasteiger partial charge in [-0.15, -0.1) is 0 Å². The number of urea groups is 1. The van der Waals surface area contributed by atoms with E-state index in [-0.39, 0.29) is 18.1 Å². The monoisotopic (exact) mass is 332 g/mol. The number of carbonyl (C=O) groups is 1. The van der Waals surface area contributed by atoms with Crippen molar-refractivity contribution in [1.82, 2.24) is 35.6 Å². The highest BCUT2D eigenvalue weighted by molar-refractivity contribution is 5.74. The summed E-state index contributed by atoms with van der Waals surface area (Å²) in [5, 5.41) is 16.9. The SMILES string of the molecule is Cc1cc(N2CCCC(NC(=O)NC(C)c3ncn[nH]3)C2)n(C)n1. The second-order valence-corrected chi connectivity index (χ2v) is 6.26. The van der Waals surface area contributed by atoms with E-state index in [1.807, 2.05) is 25.6 Å². The van der Waals surface area contributed by atoms with Crippen LogP contribution < -0.4 is 15.5 Å². The van der Waals surface area contributed by atoms with Gasteiger partial charge in [0.1, 0.15) is 18.0 Å². The van der Waals surface area contributed by atoms with E-state index in [4.69, 9.17) is 0 Å². The van der Waals surface area contributed by atoms with Crippen molar-refractivity contribution in [2.24, 2.45) is 7.05 Å². The van der Waals surface area contributed by atoms with Gasteiger partial charge in [-0.1, -0.05) is 0 Å². The normalized spacial score (nSPS) is 19.1. The zero-order valence-electron chi connectivity index (χ0n) is 14.3. The molecule has 24 heavy (non-hydrogen) atoms. The van der Waals surface area contributed by atoms with Crippen molar-refractivity contribution in [3.63, 3.8) is 0 Å². The van der Waals surface area contributed by atoms with E-state index >= 15 is 0 Å². The number of aromatic amines is 1. The van der Waals surface area contributed by atoms with Gasteiger partial charge in [0.2, 0.25) is 0 Å². The molecule has 0 bridgehead atoms. The van der Waals surface area contributed by atoms with E-state index in [1.54, 1.807) is 0 Å². The zero-order valence-corrected chi connectivity index (χ0v) is 14.3. The van der Waals surface area contributed by atoms with Crippen LogP contribution in [0.5, 0.6) is 0 Å². The maximum absolute atomic E-state index is 12.2. The first kappa shape index (κ1) is 16.3. The molecule has 1 fully saturated rings. The molecular formula is C15H24N8O. The van der Waals surface area contributed by atoms with E-state index in [0.717, 1.165) is 37.4 Å². The Morgan fingerprint density at radius 2 is 2.33 bits per heavy atom. The standard InChI is InChI=1S/C15H24N8O/c1-10-7-13(22(3)21-10)23-6-4-5-12(8-23)19-15(24)18-11(2)14-16-9-17-20-14/h7,9,11-12H,4-6,8H2,1-3H3,(H,16,17,20)(H2,18,19,24). The van der Waals surface area contributed by atoms with Crippen LogP contribution in [0.4, 0.5) is 10.6 Å². The Bertz CT molecular complexity index is 680. The number of anilines is 1. The smallest absolute Gasteiger partial charge is 0.315 e. The van der Waals surface area contributed by atoms with Gasteiger partial charge in [-0.2, -0.15) is 10.2 Å². The van der Waals surface area contributed by atoms with E-state index in [1.165, 1.54) is 6.33 Å². The van der Waals surface area contributed by atoms with E-state index in [9.17, 15) is 4.79 Å². The third-order valence-corrected chi connectivity index (χ3v) is 4.25. The maximum Gasteiger partial charge on any atom is 0.315 e. The number of hydrogen-bond acceptors (Lipinski definition) is 5. The Labute approximate surface area is 140 Å². The molecule has 9 heteroatoms. The first-order valence-electron chi connectivity index (χ1n) is 8.21. The molecule has 1 aliphatic heterocycles. The summed E-state index contributed by atoms with van der Waals surface area (Å²) in [6.45, 7) is 5.61. The van der Waals surface area contributed by atoms with Gasteiger partial charge in [-0.25, -0.2) is 9.78 Å². The molecule has 3 N–H and O–H groups in total. The Balaban J connectivity index is 1.55. The first-order chi connectivity index (χ1) is 11.5. The summed E-state index contributed by atoms with van der Waals surface area (Å²) in [5.74, 6) is 1.73. The Morgan fingerprint density at radius 1 is 1.50 bits per heavy atom. The number of aryl methyl sites for hydroxylation is 2. The third-order valence-electron chi connectivity index (χ3n) is 4.25. The van der Waals surface area contributed by atoms with Crippen molar-refractivity contribution >= 4 is 11.8 Å². The second-order valence-electron chi connectivity index (χ2n) is 6.26. The van der Waals surface area contributed by atoms with Crippen LogP contribution in [-0.4, -0.2) is 50.1 Å². The van der Waals surface area contributed by atoms with Crippen molar-refractivity contribution in [1.29, 1.82) is 0 Å². The molecule has 3 heterocycles. The predicted octanol–water partition coefficient (Wildman–Crippen LogP) is 0.876. The number of rotatable bonds is 4. The molecule has 2 atom stereocenters. The summed E-state index contributed by atoms with van der Waals surface area (Å²) in [6.07, 6.45) is 3.44. The number of hydrogen-bond donors (Lipinski definition) is 3. The lowest BCUT2D eigenvalue weighted by molar-refractivity contribution is 0.231. The van der Waals surface area contributed by atoms with Crippen LogP contribution in [0.15, 0.2) is 12.4 Å². The third kappa shape index (κ3) is 3.66. The van der Waals surface area contributed by atoms with E-state index in [2.05, 4.69) is 41.9 Å². The van der Waals surface area contributed by atoms with Crippen molar-refractivity contribution in [2.45, 2.75) is 38.8 Å². The highest BCUT2D eigenvalue weighted by Gasteiger charge is 2.24. The molecule has 1 saturated heterocycles. The van der Waals surface area contributed by atoms with Crippen LogP contribution in [0.1, 0.15) is 37.3 Å². The van der Waals surface area contributed by atoms with Gasteiger partial charge in [0.05, 0.1) is 11.7 Å². The summed E-state index contributed by atoms with van der Waals surface area (Å²) >= 11 is 0. The fourth-order valence-corrected chi connectivity index (χ4v) is 3.11. The molecule has 1 aliphatic rings. The van der Waals surface area contributed by atoms with Crippen LogP contribution in [0, 0.1) is 6.92 Å². The quantitative estimate of drug-likeness (QED) is 0.771. The van der Waals surface area contributed by atoms with Crippen LogP contribution in [0.3, 0.4) is 0 Å². The molecule has 2 unspecified atom stereocenters. The molecule has 2 amide bonds. The molecule has 2 aromatic heterocycles. The Hall–Kier alpha value is -2.58. The lowest BCUT2D eigenvalue weighted by Gasteiger charge is -2.34. The Morgan fingerprint density at radius 3 is 3.00 bits per heavy atom. The summed E-state index contributed by atoms with van der Waals surface area (Å²) in [6, 6.07) is 1.78. The molecule has 0 saturated carbocycles. The number of carbonyl (C=O) groups excluding carboxylic acids is 1. The number of amides is 2. The summed E-state index contributed by atoms with van der Waals surface area (Å²) < 4.78 is 1.89. The van der Waals surface area contributed by atoms with Gasteiger partial charge in [-0.05, 0) is 26.7 Å². The number of aromatic nitrogens is 5. The fraction of sp³-hybridized carbons (Fsp3) is 0.600. The minimum absolute atomic E-state index is 0.107. The summed E-state index contributed by atoms with van der Waals surface area (Å²) in [7, 11) is 1.95. The van der Waals surface area contributed by atoms with Gasteiger partial charge < -0.3 is 15.5 Å². The van der Waals surface area contributed by atoms with Crippen molar-refractivity contribution < 1.29 is 4.79 Å². The topological polar surface area (TPSA) is 104 Å². The van der Waals surface area contributed by atoms with Gasteiger partial charge in [0, 0.05) is 32.2 Å². The molecule has 0 spiro atoms. The van der Waals surface area contributed by atoms with Crippen LogP contribution in [0.25, 0.3) is 0 Å². The Kier molecular flexibility index (Phi) is 4.68. The van der Waals surface area contributed by atoms with Crippen molar-refractivity contribution in [3.8, 4) is 0 Å². The summed E-state index contributed by atoms with van der Waals surface area (Å²) in [4.78, 5) is 18.5. The van der Waals surface area contributed by atoms with E-state index in [0.29, 0.717) is 5.82 Å². The number of H-pyrrole nitrogens is 1. The largest absolute Gasteiger partial charge is 0.355 e. The van der Waals surface area contributed by atoms with E-state index < -0.39 is 0 Å². The minimum Gasteiger partial charge on any atom is -0.355 e. The molecule has 0 radical (unpaired) electrons. The van der Waals surface area contributed by atoms with Crippen molar-refractivity contribution in [3.05, 3.63) is 23.9 Å². The molecule has 130 valence electrons. The highest BCUT2D eigenvalue weighted by atomic mass is 16.2. The second kappa shape index (κ2) is 6.90. The lowest BCUT2D eigenvalue weighted by Crippen LogP contribution is -2.51. The van der Waals surface area contributed by atoms with Gasteiger partial charge >= 0.3 is 6.03 Å². The molecular weight excluding hydrogens is 308 g/mol. The van der Waals surface area contributed by atoms with Crippen LogP contribution >= 0.6 is 0 Å². The molecule has 2 aromatic rings. The summed E-state index contributed by atoms with van der Waals surface area (Å²) in [5.41, 5.74) is 1.00. The molecule has 3 rings (SSSR count). The van der Waals surface area contributed by atoms with Crippen molar-refractivity contribution in [2.75, 3.05) is 18.0 Å². The first-order valence-corrected chi connectivity index (χ1v) is 8.21.